The van der Waals surface area contributed by atoms with Gasteiger partial charge in [-0.1, -0.05) is 78.6 Å². The van der Waals surface area contributed by atoms with Gasteiger partial charge in [0.05, 0.1) is 0 Å². The summed E-state index contributed by atoms with van der Waals surface area (Å²) >= 11 is 0. The van der Waals surface area contributed by atoms with Crippen molar-refractivity contribution in [3.8, 4) is 12.3 Å². The number of hydrogen-bond acceptors (Lipinski definition) is 1. The predicted molar refractivity (Wildman–Crippen MR) is 98.1 cm³/mol. The molecule has 0 fully saturated rings. The summed E-state index contributed by atoms with van der Waals surface area (Å²) in [7, 11) is -1.72. The molecule has 0 radical (unpaired) electrons. The molecule has 2 heteroatoms. The molecule has 0 aliphatic heterocycles. The molecule has 21 heavy (non-hydrogen) atoms. The van der Waals surface area contributed by atoms with Gasteiger partial charge in [-0.3, -0.25) is 0 Å². The second-order valence-electron chi connectivity index (χ2n) is 7.80. The molecular formula is C19H38OSi. The van der Waals surface area contributed by atoms with E-state index in [9.17, 15) is 0 Å². The summed E-state index contributed by atoms with van der Waals surface area (Å²) in [5, 5.41) is 0.237. The van der Waals surface area contributed by atoms with E-state index in [1.165, 1.54) is 51.4 Å². The first-order valence-corrected chi connectivity index (χ1v) is 11.8. The number of rotatable bonds is 11. The molecule has 0 spiro atoms. The molecule has 0 rings (SSSR count). The van der Waals surface area contributed by atoms with Crippen molar-refractivity contribution in [2.24, 2.45) is 0 Å². The first kappa shape index (κ1) is 20.7. The molecule has 0 unspecified atom stereocenters. The SMILES string of the molecule is C#C[C@H](CCCCCCCCCC)O[Si](C)(C)C(C)(C)C. The van der Waals surface area contributed by atoms with Crippen LogP contribution in [0.15, 0.2) is 0 Å². The van der Waals surface area contributed by atoms with Crippen LogP contribution in [0.5, 0.6) is 0 Å². The molecule has 0 heterocycles. The normalized spacial score (nSPS) is 14.0. The van der Waals surface area contributed by atoms with Crippen LogP contribution >= 0.6 is 0 Å². The van der Waals surface area contributed by atoms with Crippen molar-refractivity contribution in [2.45, 2.75) is 110 Å². The topological polar surface area (TPSA) is 9.23 Å². The molecule has 0 aromatic carbocycles. The van der Waals surface area contributed by atoms with E-state index in [4.69, 9.17) is 10.8 Å². The Morgan fingerprint density at radius 2 is 1.43 bits per heavy atom. The van der Waals surface area contributed by atoms with E-state index in [-0.39, 0.29) is 11.1 Å². The molecule has 0 aliphatic rings. The Morgan fingerprint density at radius 3 is 1.86 bits per heavy atom. The van der Waals surface area contributed by atoms with Gasteiger partial charge in [-0.15, -0.1) is 6.42 Å². The van der Waals surface area contributed by atoms with Crippen LogP contribution in [0.4, 0.5) is 0 Å². The first-order chi connectivity index (χ1) is 9.74. The third kappa shape index (κ3) is 9.37. The molecule has 1 nitrogen and oxygen atoms in total. The van der Waals surface area contributed by atoms with Crippen LogP contribution in [0.3, 0.4) is 0 Å². The molecule has 0 aromatic heterocycles. The van der Waals surface area contributed by atoms with Crippen molar-refractivity contribution in [1.82, 2.24) is 0 Å². The summed E-state index contributed by atoms with van der Waals surface area (Å²) in [6.07, 6.45) is 17.5. The van der Waals surface area contributed by atoms with Gasteiger partial charge in [0.1, 0.15) is 6.10 Å². The van der Waals surface area contributed by atoms with Crippen LogP contribution in [0, 0.1) is 12.3 Å². The minimum absolute atomic E-state index is 0.0194. The van der Waals surface area contributed by atoms with Gasteiger partial charge in [0.15, 0.2) is 8.32 Å². The average Bonchev–Trinajstić information content (AvgIpc) is 2.39. The molecule has 124 valence electrons. The maximum atomic E-state index is 6.31. The second kappa shape index (κ2) is 10.5. The Labute approximate surface area is 135 Å². The highest BCUT2D eigenvalue weighted by Gasteiger charge is 2.38. The monoisotopic (exact) mass is 310 g/mol. The number of hydrogen-bond donors (Lipinski definition) is 0. The van der Waals surface area contributed by atoms with Gasteiger partial charge in [-0.2, -0.15) is 0 Å². The zero-order chi connectivity index (χ0) is 16.4. The summed E-state index contributed by atoms with van der Waals surface area (Å²) in [5.41, 5.74) is 0. The minimum atomic E-state index is -1.72. The lowest BCUT2D eigenvalue weighted by molar-refractivity contribution is 0.219. The van der Waals surface area contributed by atoms with E-state index >= 15 is 0 Å². The Bertz CT molecular complexity index is 296. The van der Waals surface area contributed by atoms with Crippen molar-refractivity contribution < 1.29 is 4.43 Å². The molecule has 1 atom stereocenters. The smallest absolute Gasteiger partial charge is 0.193 e. The lowest BCUT2D eigenvalue weighted by Crippen LogP contribution is -2.43. The van der Waals surface area contributed by atoms with Crippen LogP contribution in [0.25, 0.3) is 0 Å². The molecule has 0 amide bonds. The Hall–Kier alpha value is -0.263. The van der Waals surface area contributed by atoms with E-state index in [1.54, 1.807) is 0 Å². The summed E-state index contributed by atoms with van der Waals surface area (Å²) in [4.78, 5) is 0. The predicted octanol–water partition coefficient (Wildman–Crippen LogP) is 6.54. The van der Waals surface area contributed by atoms with Gasteiger partial charge in [0, 0.05) is 0 Å². The van der Waals surface area contributed by atoms with Crippen LogP contribution in [0.2, 0.25) is 18.1 Å². The van der Waals surface area contributed by atoms with Crippen LogP contribution in [0.1, 0.15) is 85.5 Å². The lowest BCUT2D eigenvalue weighted by atomic mass is 10.1. The van der Waals surface area contributed by atoms with E-state index in [1.807, 2.05) is 0 Å². The fourth-order valence-electron chi connectivity index (χ4n) is 2.17. The molecule has 0 bridgehead atoms. The summed E-state index contributed by atoms with van der Waals surface area (Å²) in [5.74, 6) is 2.86. The Balaban J connectivity index is 3.85. The van der Waals surface area contributed by atoms with Crippen LogP contribution in [-0.2, 0) is 4.43 Å². The second-order valence-corrected chi connectivity index (χ2v) is 12.6. The van der Waals surface area contributed by atoms with E-state index in [2.05, 4.69) is 46.7 Å². The van der Waals surface area contributed by atoms with E-state index in [0.29, 0.717) is 0 Å². The zero-order valence-electron chi connectivity index (χ0n) is 15.4. The molecule has 0 saturated heterocycles. The Morgan fingerprint density at radius 1 is 0.952 bits per heavy atom. The maximum absolute atomic E-state index is 6.31. The van der Waals surface area contributed by atoms with Crippen molar-refractivity contribution in [1.29, 1.82) is 0 Å². The third-order valence-electron chi connectivity index (χ3n) is 4.75. The van der Waals surface area contributed by atoms with E-state index < -0.39 is 8.32 Å². The average molecular weight is 311 g/mol. The molecule has 0 aromatic rings. The lowest BCUT2D eigenvalue weighted by Gasteiger charge is -2.38. The van der Waals surface area contributed by atoms with Crippen molar-refractivity contribution >= 4 is 8.32 Å². The molecular weight excluding hydrogens is 272 g/mol. The standard InChI is InChI=1S/C19H38OSi/c1-8-10-11-12-13-14-15-16-17-18(9-2)20-21(6,7)19(3,4)5/h2,18H,8,10-17H2,1,3-7H3/t18-/m1/s1. The van der Waals surface area contributed by atoms with Gasteiger partial charge >= 0.3 is 0 Å². The van der Waals surface area contributed by atoms with Gasteiger partial charge in [0.25, 0.3) is 0 Å². The summed E-state index contributed by atoms with van der Waals surface area (Å²) < 4.78 is 6.31. The fraction of sp³-hybridized carbons (Fsp3) is 0.895. The van der Waals surface area contributed by atoms with Crippen LogP contribution in [-0.4, -0.2) is 14.4 Å². The van der Waals surface area contributed by atoms with Crippen molar-refractivity contribution in [3.05, 3.63) is 0 Å². The Kier molecular flexibility index (Phi) is 10.3. The zero-order valence-corrected chi connectivity index (χ0v) is 16.4. The third-order valence-corrected chi connectivity index (χ3v) is 9.23. The summed E-state index contributed by atoms with van der Waals surface area (Å²) in [6.45, 7) is 13.6. The largest absolute Gasteiger partial charge is 0.403 e. The molecule has 0 aliphatic carbocycles. The van der Waals surface area contributed by atoms with E-state index in [0.717, 1.165) is 6.42 Å². The van der Waals surface area contributed by atoms with Gasteiger partial charge in [-0.25, -0.2) is 0 Å². The quantitative estimate of drug-likeness (QED) is 0.239. The highest BCUT2D eigenvalue weighted by Crippen LogP contribution is 2.37. The maximum Gasteiger partial charge on any atom is 0.193 e. The van der Waals surface area contributed by atoms with Crippen molar-refractivity contribution in [2.75, 3.05) is 0 Å². The number of unbranched alkanes of at least 4 members (excludes halogenated alkanes) is 7. The van der Waals surface area contributed by atoms with Gasteiger partial charge in [0.2, 0.25) is 0 Å². The number of terminal acetylenes is 1. The summed E-state index contributed by atoms with van der Waals surface area (Å²) in [6, 6.07) is 0. The highest BCUT2D eigenvalue weighted by molar-refractivity contribution is 6.74. The van der Waals surface area contributed by atoms with Gasteiger partial charge < -0.3 is 4.43 Å². The highest BCUT2D eigenvalue weighted by atomic mass is 28.4. The molecule has 0 saturated carbocycles. The van der Waals surface area contributed by atoms with Crippen molar-refractivity contribution in [3.63, 3.8) is 0 Å². The first-order valence-electron chi connectivity index (χ1n) is 8.88. The fourth-order valence-corrected chi connectivity index (χ4v) is 3.42. The molecule has 0 N–H and O–H groups in total. The van der Waals surface area contributed by atoms with Crippen LogP contribution < -0.4 is 0 Å². The van der Waals surface area contributed by atoms with Gasteiger partial charge in [-0.05, 0) is 31.0 Å². The minimum Gasteiger partial charge on any atom is -0.403 e.